The molecule has 1 aliphatic carbocycles. The van der Waals surface area contributed by atoms with Crippen LogP contribution in [-0.2, 0) is 11.3 Å². The topological polar surface area (TPSA) is 41.6 Å². The normalized spacial score (nSPS) is 22.7. The Kier molecular flexibility index (Phi) is 5.50. The average molecular weight is 385 g/mol. The summed E-state index contributed by atoms with van der Waals surface area (Å²) in [7, 11) is 1.71. The van der Waals surface area contributed by atoms with E-state index in [1.165, 1.54) is 9.75 Å². The number of thiophene rings is 1. The van der Waals surface area contributed by atoms with Gasteiger partial charge in [-0.05, 0) is 50.8 Å². The van der Waals surface area contributed by atoms with Crippen LogP contribution in [0.3, 0.4) is 0 Å². The number of nitrogens with one attached hydrogen (secondary N) is 1. The van der Waals surface area contributed by atoms with E-state index in [-0.39, 0.29) is 18.0 Å². The highest BCUT2D eigenvalue weighted by Gasteiger charge is 2.41. The lowest BCUT2D eigenvalue weighted by molar-refractivity contribution is -0.137. The molecule has 1 saturated heterocycles. The summed E-state index contributed by atoms with van der Waals surface area (Å²) in [6.07, 6.45) is 4.27. The van der Waals surface area contributed by atoms with Crippen LogP contribution < -0.4 is 10.1 Å². The first-order valence-corrected chi connectivity index (χ1v) is 10.7. The van der Waals surface area contributed by atoms with Gasteiger partial charge in [0, 0.05) is 40.4 Å². The zero-order valence-electron chi connectivity index (χ0n) is 16.1. The smallest absolute Gasteiger partial charge is 0.226 e. The van der Waals surface area contributed by atoms with Crippen LogP contribution in [0.1, 0.15) is 47.0 Å². The van der Waals surface area contributed by atoms with Crippen molar-refractivity contribution in [3.05, 3.63) is 51.7 Å². The van der Waals surface area contributed by atoms with Gasteiger partial charge in [-0.3, -0.25) is 4.79 Å². The Morgan fingerprint density at radius 2 is 2.04 bits per heavy atom. The van der Waals surface area contributed by atoms with Gasteiger partial charge in [0.2, 0.25) is 5.91 Å². The number of piperidine rings is 1. The van der Waals surface area contributed by atoms with Crippen molar-refractivity contribution in [1.29, 1.82) is 0 Å². The minimum absolute atomic E-state index is 0.139. The van der Waals surface area contributed by atoms with Crippen molar-refractivity contribution in [3.8, 4) is 5.75 Å². The number of hydrogen-bond donors (Lipinski definition) is 1. The number of ether oxygens (including phenoxy) is 1. The van der Waals surface area contributed by atoms with Gasteiger partial charge < -0.3 is 15.0 Å². The number of likely N-dealkylation sites (tertiary alicyclic amines) is 1. The molecule has 2 heterocycles. The number of benzene rings is 1. The highest BCUT2D eigenvalue weighted by Crippen LogP contribution is 2.40. The third-order valence-electron chi connectivity index (χ3n) is 5.64. The molecule has 0 bridgehead atoms. The predicted molar refractivity (Wildman–Crippen MR) is 109 cm³/mol. The Morgan fingerprint density at radius 1 is 1.22 bits per heavy atom. The van der Waals surface area contributed by atoms with Gasteiger partial charge >= 0.3 is 0 Å². The number of methoxy groups -OCH3 is 1. The van der Waals surface area contributed by atoms with Crippen LogP contribution in [0.15, 0.2) is 36.4 Å². The van der Waals surface area contributed by atoms with Crippen LogP contribution in [0.4, 0.5) is 0 Å². The minimum Gasteiger partial charge on any atom is -0.496 e. The van der Waals surface area contributed by atoms with Crippen molar-refractivity contribution in [2.45, 2.75) is 51.2 Å². The van der Waals surface area contributed by atoms with E-state index in [1.807, 2.05) is 29.5 Å². The van der Waals surface area contributed by atoms with Gasteiger partial charge in [-0.25, -0.2) is 0 Å². The SMILES string of the molecule is COc1ccccc1CN[C@@H]1CCCN(C(=O)C2CC2)[C@H]1c1ccc(C)s1. The maximum absolute atomic E-state index is 13.0. The third kappa shape index (κ3) is 4.04. The van der Waals surface area contributed by atoms with E-state index < -0.39 is 0 Å². The molecule has 4 nitrogen and oxygen atoms in total. The number of hydrogen-bond acceptors (Lipinski definition) is 4. The van der Waals surface area contributed by atoms with Gasteiger partial charge in [0.05, 0.1) is 13.2 Å². The fourth-order valence-corrected chi connectivity index (χ4v) is 5.13. The van der Waals surface area contributed by atoms with Crippen LogP contribution in [0, 0.1) is 12.8 Å². The number of carbonyl (C=O) groups is 1. The summed E-state index contributed by atoms with van der Waals surface area (Å²) in [6, 6.07) is 12.9. The summed E-state index contributed by atoms with van der Waals surface area (Å²) in [6.45, 7) is 3.77. The molecule has 144 valence electrons. The van der Waals surface area contributed by atoms with Crippen LogP contribution in [0.25, 0.3) is 0 Å². The lowest BCUT2D eigenvalue weighted by atomic mass is 9.93. The number of aryl methyl sites for hydroxylation is 1. The van der Waals surface area contributed by atoms with Gasteiger partial charge in [0.25, 0.3) is 0 Å². The lowest BCUT2D eigenvalue weighted by Crippen LogP contribution is -2.50. The van der Waals surface area contributed by atoms with E-state index in [4.69, 9.17) is 4.74 Å². The number of para-hydroxylation sites is 1. The van der Waals surface area contributed by atoms with E-state index in [0.29, 0.717) is 5.91 Å². The second kappa shape index (κ2) is 8.03. The van der Waals surface area contributed by atoms with Crippen LogP contribution >= 0.6 is 11.3 Å². The molecular weight excluding hydrogens is 356 g/mol. The fourth-order valence-electron chi connectivity index (χ4n) is 4.08. The van der Waals surface area contributed by atoms with Gasteiger partial charge in [-0.2, -0.15) is 0 Å². The molecule has 0 radical (unpaired) electrons. The Bertz CT molecular complexity index is 799. The summed E-state index contributed by atoms with van der Waals surface area (Å²) >= 11 is 1.82. The number of amides is 1. The Labute approximate surface area is 165 Å². The van der Waals surface area contributed by atoms with Crippen LogP contribution in [-0.4, -0.2) is 30.5 Å². The summed E-state index contributed by atoms with van der Waals surface area (Å²) in [5, 5.41) is 3.75. The number of rotatable bonds is 6. The standard InChI is InChI=1S/C22H28N2O2S/c1-15-9-12-20(27-15)21-18(7-5-13-24(21)22(25)16-10-11-16)23-14-17-6-3-4-8-19(17)26-2/h3-4,6,8-9,12,16,18,21,23H,5,7,10-11,13-14H2,1-2H3/t18-,21-/m1/s1. The maximum atomic E-state index is 13.0. The number of carbonyl (C=O) groups excluding carboxylic acids is 1. The van der Waals surface area contributed by atoms with Gasteiger partial charge in [-0.1, -0.05) is 18.2 Å². The van der Waals surface area contributed by atoms with E-state index in [1.54, 1.807) is 7.11 Å². The zero-order valence-corrected chi connectivity index (χ0v) is 16.9. The Balaban J connectivity index is 1.56. The van der Waals surface area contributed by atoms with Crippen molar-refractivity contribution in [2.75, 3.05) is 13.7 Å². The molecule has 1 aromatic heterocycles. The lowest BCUT2D eigenvalue weighted by Gasteiger charge is -2.41. The molecule has 2 aromatic rings. The molecule has 1 saturated carbocycles. The number of nitrogens with zero attached hydrogens (tertiary/aromatic N) is 1. The van der Waals surface area contributed by atoms with E-state index >= 15 is 0 Å². The molecule has 0 spiro atoms. The second-order valence-electron chi connectivity index (χ2n) is 7.64. The summed E-state index contributed by atoms with van der Waals surface area (Å²) < 4.78 is 5.50. The first kappa shape index (κ1) is 18.5. The Hall–Kier alpha value is -1.85. The first-order chi connectivity index (χ1) is 13.2. The molecule has 4 rings (SSSR count). The van der Waals surface area contributed by atoms with Crippen molar-refractivity contribution in [3.63, 3.8) is 0 Å². The molecule has 27 heavy (non-hydrogen) atoms. The Morgan fingerprint density at radius 3 is 2.74 bits per heavy atom. The quantitative estimate of drug-likeness (QED) is 0.807. The van der Waals surface area contributed by atoms with E-state index in [0.717, 1.165) is 50.1 Å². The third-order valence-corrected chi connectivity index (χ3v) is 6.71. The molecule has 2 fully saturated rings. The van der Waals surface area contributed by atoms with Crippen molar-refractivity contribution >= 4 is 17.2 Å². The maximum Gasteiger partial charge on any atom is 0.226 e. The molecule has 1 amide bonds. The van der Waals surface area contributed by atoms with Gasteiger partial charge in [-0.15, -0.1) is 11.3 Å². The molecule has 2 atom stereocenters. The van der Waals surface area contributed by atoms with Gasteiger partial charge in [0.1, 0.15) is 5.75 Å². The zero-order chi connectivity index (χ0) is 18.8. The van der Waals surface area contributed by atoms with Gasteiger partial charge in [0.15, 0.2) is 0 Å². The average Bonchev–Trinajstić information content (AvgIpc) is 3.46. The summed E-state index contributed by atoms with van der Waals surface area (Å²) in [4.78, 5) is 17.7. The van der Waals surface area contributed by atoms with Crippen molar-refractivity contribution < 1.29 is 9.53 Å². The predicted octanol–water partition coefficient (Wildman–Crippen LogP) is 4.30. The van der Waals surface area contributed by atoms with Crippen molar-refractivity contribution in [2.24, 2.45) is 5.92 Å². The molecule has 1 aromatic carbocycles. The summed E-state index contributed by atoms with van der Waals surface area (Å²) in [5.74, 6) is 1.53. The molecule has 0 unspecified atom stereocenters. The van der Waals surface area contributed by atoms with Crippen LogP contribution in [0.5, 0.6) is 5.75 Å². The van der Waals surface area contributed by atoms with E-state index in [2.05, 4.69) is 35.3 Å². The monoisotopic (exact) mass is 384 g/mol. The minimum atomic E-state index is 0.139. The van der Waals surface area contributed by atoms with Crippen molar-refractivity contribution in [1.82, 2.24) is 10.2 Å². The molecule has 2 aliphatic rings. The van der Waals surface area contributed by atoms with Crippen LogP contribution in [0.2, 0.25) is 0 Å². The second-order valence-corrected chi connectivity index (χ2v) is 8.96. The highest BCUT2D eigenvalue weighted by atomic mass is 32.1. The molecular formula is C22H28N2O2S. The highest BCUT2D eigenvalue weighted by molar-refractivity contribution is 7.12. The molecule has 1 aliphatic heterocycles. The molecule has 5 heteroatoms. The van der Waals surface area contributed by atoms with E-state index in [9.17, 15) is 4.79 Å². The largest absolute Gasteiger partial charge is 0.496 e. The fraction of sp³-hybridized carbons (Fsp3) is 0.500. The summed E-state index contributed by atoms with van der Waals surface area (Å²) in [5.41, 5.74) is 1.16. The molecule has 1 N–H and O–H groups in total. The first-order valence-electron chi connectivity index (χ1n) is 9.89.